The summed E-state index contributed by atoms with van der Waals surface area (Å²) in [6.45, 7) is 0.713. The predicted octanol–water partition coefficient (Wildman–Crippen LogP) is 2.69. The van der Waals surface area contributed by atoms with Crippen LogP contribution >= 0.6 is 0 Å². The van der Waals surface area contributed by atoms with Crippen LogP contribution in [-0.4, -0.2) is 77.9 Å². The zero-order valence-corrected chi connectivity index (χ0v) is 22.6. The summed E-state index contributed by atoms with van der Waals surface area (Å²) in [6.07, 6.45) is 2.61. The summed E-state index contributed by atoms with van der Waals surface area (Å²) in [5, 5.41) is 6.25. The summed E-state index contributed by atoms with van der Waals surface area (Å²) in [5.74, 6) is -6.28. The molecule has 1 aliphatic carbocycles. The number of alkyl halides is 2. The Balaban J connectivity index is 1.32. The van der Waals surface area contributed by atoms with Gasteiger partial charge in [-0.15, -0.1) is 0 Å². The Bertz CT molecular complexity index is 1440. The second-order valence-corrected chi connectivity index (χ2v) is 11.3. The van der Waals surface area contributed by atoms with Crippen molar-refractivity contribution in [1.82, 2.24) is 20.5 Å². The second-order valence-electron chi connectivity index (χ2n) is 11.3. The van der Waals surface area contributed by atoms with Gasteiger partial charge in [0.1, 0.15) is 17.5 Å². The lowest BCUT2D eigenvalue weighted by atomic mass is 9.71. The average Bonchev–Trinajstić information content (AvgIpc) is 3.67. The van der Waals surface area contributed by atoms with Gasteiger partial charge in [-0.3, -0.25) is 14.4 Å². The van der Waals surface area contributed by atoms with E-state index in [2.05, 4.69) is 15.6 Å². The first-order chi connectivity index (χ1) is 19.7. The fourth-order valence-corrected chi connectivity index (χ4v) is 6.81. The number of benzene rings is 1. The van der Waals surface area contributed by atoms with Crippen LogP contribution in [0.4, 0.5) is 8.78 Å². The number of H-pyrrole nitrogens is 1. The number of ether oxygens (including phenoxy) is 2. The van der Waals surface area contributed by atoms with Gasteiger partial charge in [0.15, 0.2) is 0 Å². The first kappa shape index (κ1) is 27.2. The fourth-order valence-electron chi connectivity index (χ4n) is 6.81. The van der Waals surface area contributed by atoms with Crippen molar-refractivity contribution in [1.29, 1.82) is 0 Å². The molecule has 1 saturated carbocycles. The molecule has 218 valence electrons. The Hall–Kier alpha value is -3.96. The van der Waals surface area contributed by atoms with Gasteiger partial charge in [0.05, 0.1) is 19.6 Å². The van der Waals surface area contributed by atoms with E-state index in [0.29, 0.717) is 48.0 Å². The Morgan fingerprint density at radius 3 is 2.78 bits per heavy atom. The SMILES string of the molecule is COc1cccc2[nH]c(C(=O)N3[C@H]4CC[C@@H]([C@@H]3C(=O)N[C@@H](/C=C3/CCOC3=O)C[C@@H]3CCNC3=O)C(F)(F)C4)cc12. The normalized spacial score (nSPS) is 28.6. The summed E-state index contributed by atoms with van der Waals surface area (Å²) >= 11 is 0. The Morgan fingerprint density at radius 2 is 2.10 bits per heavy atom. The van der Waals surface area contributed by atoms with Crippen LogP contribution in [0.15, 0.2) is 35.9 Å². The van der Waals surface area contributed by atoms with Crippen LogP contribution in [0.1, 0.15) is 49.0 Å². The number of piperidine rings is 2. The molecule has 41 heavy (non-hydrogen) atoms. The number of hydrogen-bond donors (Lipinski definition) is 3. The number of rotatable bonds is 7. The largest absolute Gasteiger partial charge is 0.496 e. The number of nitrogens with one attached hydrogen (secondary N) is 3. The number of aromatic amines is 1. The van der Waals surface area contributed by atoms with Crippen molar-refractivity contribution in [3.05, 3.63) is 41.6 Å². The first-order valence-electron chi connectivity index (χ1n) is 14.0. The minimum Gasteiger partial charge on any atom is -0.496 e. The number of methoxy groups -OCH3 is 1. The van der Waals surface area contributed by atoms with Crippen molar-refractivity contribution in [3.63, 3.8) is 0 Å². The summed E-state index contributed by atoms with van der Waals surface area (Å²) in [4.78, 5) is 56.6. The molecule has 4 aliphatic heterocycles. The third-order valence-corrected chi connectivity index (χ3v) is 8.81. The van der Waals surface area contributed by atoms with Crippen molar-refractivity contribution >= 4 is 34.6 Å². The highest BCUT2D eigenvalue weighted by Crippen LogP contribution is 2.49. The molecule has 1 aromatic heterocycles. The van der Waals surface area contributed by atoms with Gasteiger partial charge in [-0.25, -0.2) is 13.6 Å². The van der Waals surface area contributed by atoms with E-state index in [1.165, 1.54) is 12.0 Å². The van der Waals surface area contributed by atoms with Gasteiger partial charge in [0, 0.05) is 53.9 Å². The van der Waals surface area contributed by atoms with E-state index in [1.807, 2.05) is 0 Å². The molecule has 5 fully saturated rings. The maximum absolute atomic E-state index is 15.2. The van der Waals surface area contributed by atoms with Crippen LogP contribution in [0.25, 0.3) is 10.9 Å². The van der Waals surface area contributed by atoms with E-state index in [0.717, 1.165) is 0 Å². The summed E-state index contributed by atoms with van der Waals surface area (Å²) < 4.78 is 40.9. The molecular formula is C29H32F2N4O6. The number of aromatic nitrogens is 1. The number of carbonyl (C=O) groups is 4. The number of carbonyl (C=O) groups excluding carboxylic acids is 4. The molecule has 1 aromatic carbocycles. The molecule has 4 saturated heterocycles. The first-order valence-corrected chi connectivity index (χ1v) is 14.0. The lowest BCUT2D eigenvalue weighted by Gasteiger charge is -2.53. The predicted molar refractivity (Wildman–Crippen MR) is 142 cm³/mol. The molecule has 3 amide bonds. The van der Waals surface area contributed by atoms with Gasteiger partial charge in [-0.2, -0.15) is 0 Å². The highest BCUT2D eigenvalue weighted by atomic mass is 19.3. The molecule has 12 heteroatoms. The maximum Gasteiger partial charge on any atom is 0.333 e. The van der Waals surface area contributed by atoms with Crippen molar-refractivity contribution in [2.45, 2.75) is 62.6 Å². The lowest BCUT2D eigenvalue weighted by Crippen LogP contribution is -2.68. The molecule has 0 spiro atoms. The monoisotopic (exact) mass is 570 g/mol. The second kappa shape index (κ2) is 10.5. The van der Waals surface area contributed by atoms with Crippen LogP contribution in [0, 0.1) is 11.8 Å². The quantitative estimate of drug-likeness (QED) is 0.347. The molecule has 2 bridgehead atoms. The van der Waals surface area contributed by atoms with Crippen LogP contribution in [0.5, 0.6) is 5.75 Å². The van der Waals surface area contributed by atoms with E-state index in [-0.39, 0.29) is 31.0 Å². The molecule has 2 aromatic rings. The van der Waals surface area contributed by atoms with Crippen LogP contribution in [-0.2, 0) is 19.1 Å². The molecule has 10 nitrogen and oxygen atoms in total. The van der Waals surface area contributed by atoms with Crippen molar-refractivity contribution < 1.29 is 37.4 Å². The Morgan fingerprint density at radius 1 is 1.27 bits per heavy atom. The molecule has 7 rings (SSSR count). The molecule has 5 atom stereocenters. The lowest BCUT2D eigenvalue weighted by molar-refractivity contribution is -0.179. The zero-order chi connectivity index (χ0) is 28.9. The molecule has 5 heterocycles. The van der Waals surface area contributed by atoms with Crippen LogP contribution in [0.3, 0.4) is 0 Å². The third-order valence-electron chi connectivity index (χ3n) is 8.81. The standard InChI is InChI=1S/C29H32F2N4O6/c1-40-23-4-2-3-21-19(23)13-22(34-21)27(38)35-18-5-6-20(29(30,31)14-18)24(35)26(37)33-17(11-15-7-9-32-25(15)36)12-16-8-10-41-28(16)39/h2-4,12-13,15,17-18,20,24,34H,5-11,14H2,1H3,(H,32,36)(H,33,37)/b16-12-/t15-,17+,18-,20-,24+/m0/s1. The van der Waals surface area contributed by atoms with Gasteiger partial charge < -0.3 is 30.0 Å². The average molecular weight is 571 g/mol. The summed E-state index contributed by atoms with van der Waals surface area (Å²) in [6, 6.07) is 3.89. The number of esters is 1. The van der Waals surface area contributed by atoms with E-state index < -0.39 is 60.1 Å². The topological polar surface area (TPSA) is 130 Å². The van der Waals surface area contributed by atoms with Gasteiger partial charge in [-0.05, 0) is 43.9 Å². The third kappa shape index (κ3) is 4.93. The number of cyclic esters (lactones) is 1. The van der Waals surface area contributed by atoms with Crippen molar-refractivity contribution in [2.24, 2.45) is 11.8 Å². The minimum atomic E-state index is -3.13. The number of fused-ring (bicyclic) bond motifs is 4. The molecule has 3 N–H and O–H groups in total. The van der Waals surface area contributed by atoms with E-state index >= 15 is 8.78 Å². The van der Waals surface area contributed by atoms with Gasteiger partial charge in [0.25, 0.3) is 11.8 Å². The molecule has 5 aliphatic rings. The van der Waals surface area contributed by atoms with Crippen LogP contribution < -0.4 is 15.4 Å². The fraction of sp³-hybridized carbons (Fsp3) is 0.517. The Labute approximate surface area is 234 Å². The van der Waals surface area contributed by atoms with E-state index in [1.54, 1.807) is 30.3 Å². The van der Waals surface area contributed by atoms with Crippen molar-refractivity contribution in [3.8, 4) is 5.75 Å². The number of halogens is 2. The smallest absolute Gasteiger partial charge is 0.333 e. The Kier molecular flexibility index (Phi) is 6.95. The summed E-state index contributed by atoms with van der Waals surface area (Å²) in [7, 11) is 1.52. The van der Waals surface area contributed by atoms with Gasteiger partial charge >= 0.3 is 5.97 Å². The number of hydrogen-bond acceptors (Lipinski definition) is 6. The molecular weight excluding hydrogens is 538 g/mol. The van der Waals surface area contributed by atoms with Gasteiger partial charge in [-0.1, -0.05) is 12.1 Å². The zero-order valence-electron chi connectivity index (χ0n) is 22.6. The highest BCUT2D eigenvalue weighted by molar-refractivity contribution is 6.02. The van der Waals surface area contributed by atoms with Crippen LogP contribution in [0.2, 0.25) is 0 Å². The summed E-state index contributed by atoms with van der Waals surface area (Å²) in [5.41, 5.74) is 1.18. The van der Waals surface area contributed by atoms with Gasteiger partial charge in [0.2, 0.25) is 11.8 Å². The number of nitrogens with zero attached hydrogens (tertiary/aromatic N) is 1. The minimum absolute atomic E-state index is 0.100. The van der Waals surface area contributed by atoms with Crippen molar-refractivity contribution in [2.75, 3.05) is 20.3 Å². The molecule has 0 radical (unpaired) electrons. The number of amides is 3. The van der Waals surface area contributed by atoms with E-state index in [4.69, 9.17) is 9.47 Å². The maximum atomic E-state index is 15.2. The highest BCUT2D eigenvalue weighted by Gasteiger charge is 2.60. The van der Waals surface area contributed by atoms with E-state index in [9.17, 15) is 19.2 Å². The molecule has 0 unspecified atom stereocenters.